The molecule has 2 saturated heterocycles. The Labute approximate surface area is 174 Å². The van der Waals surface area contributed by atoms with Crippen molar-refractivity contribution in [1.82, 2.24) is 4.90 Å². The van der Waals surface area contributed by atoms with Crippen LogP contribution in [-0.4, -0.2) is 42.0 Å². The zero-order valence-electron chi connectivity index (χ0n) is 15.4. The van der Waals surface area contributed by atoms with Crippen molar-refractivity contribution in [3.05, 3.63) is 71.8 Å². The zero-order chi connectivity index (χ0) is 20.1. The first kappa shape index (κ1) is 19.3. The van der Waals surface area contributed by atoms with Crippen LogP contribution in [0.25, 0.3) is 0 Å². The van der Waals surface area contributed by atoms with Crippen LogP contribution in [0.1, 0.15) is 31.1 Å². The van der Waals surface area contributed by atoms with Crippen LogP contribution in [0, 0.1) is 0 Å². The summed E-state index contributed by atoms with van der Waals surface area (Å²) in [5, 5.41) is -0.494. The Balaban J connectivity index is 1.67. The van der Waals surface area contributed by atoms with E-state index in [0.29, 0.717) is 0 Å². The molecule has 1 amide bonds. The lowest BCUT2D eigenvalue weighted by atomic mass is 9.97. The average molecular weight is 462 g/mol. The lowest BCUT2D eigenvalue weighted by Crippen LogP contribution is -2.64. The molecule has 0 aromatic heterocycles. The van der Waals surface area contributed by atoms with E-state index >= 15 is 0 Å². The van der Waals surface area contributed by atoms with Gasteiger partial charge in [0.2, 0.25) is 5.91 Å². The summed E-state index contributed by atoms with van der Waals surface area (Å²) in [6.45, 7) is 3.50. The van der Waals surface area contributed by atoms with Gasteiger partial charge in [-0.25, -0.2) is 4.79 Å². The number of halogens is 1. The summed E-state index contributed by atoms with van der Waals surface area (Å²) < 4.78 is 17.9. The largest absolute Gasteiger partial charge is 0.451 e. The Hall–Kier alpha value is -1.99. The van der Waals surface area contributed by atoms with Gasteiger partial charge in [0.25, 0.3) is 0 Å². The number of carbonyl (C=O) groups is 2. The summed E-state index contributed by atoms with van der Waals surface area (Å²) in [7, 11) is -1.37. The maximum Gasteiger partial charge on any atom is 0.331 e. The third-order valence-corrected chi connectivity index (χ3v) is 8.79. The number of esters is 1. The molecule has 2 fully saturated rings. The lowest BCUT2D eigenvalue weighted by molar-refractivity contribution is -0.163. The van der Waals surface area contributed by atoms with Crippen molar-refractivity contribution in [1.29, 1.82) is 0 Å². The molecule has 2 heterocycles. The Morgan fingerprint density at radius 3 is 2.07 bits per heavy atom. The van der Waals surface area contributed by atoms with Crippen molar-refractivity contribution >= 4 is 38.6 Å². The molecule has 0 radical (unpaired) electrons. The van der Waals surface area contributed by atoms with E-state index in [1.807, 2.05) is 60.7 Å². The molecule has 0 N–H and O–H groups in total. The van der Waals surface area contributed by atoms with Gasteiger partial charge >= 0.3 is 5.97 Å². The van der Waals surface area contributed by atoms with Crippen molar-refractivity contribution in [3.8, 4) is 0 Å². The number of alkyl halides is 1. The summed E-state index contributed by atoms with van der Waals surface area (Å²) >= 11 is 3.29. The minimum absolute atomic E-state index is 0.221. The molecule has 2 aromatic rings. The smallest absolute Gasteiger partial charge is 0.331 e. The van der Waals surface area contributed by atoms with Crippen molar-refractivity contribution in [2.24, 2.45) is 0 Å². The van der Waals surface area contributed by atoms with Gasteiger partial charge in [-0.2, -0.15) is 0 Å². The molecule has 0 aliphatic carbocycles. The van der Waals surface area contributed by atoms with E-state index in [2.05, 4.69) is 15.9 Å². The van der Waals surface area contributed by atoms with Gasteiger partial charge in [0.15, 0.2) is 6.10 Å². The van der Waals surface area contributed by atoms with Crippen LogP contribution in [0.3, 0.4) is 0 Å². The van der Waals surface area contributed by atoms with Gasteiger partial charge in [-0.05, 0) is 25.0 Å². The number of hydrogen-bond acceptors (Lipinski definition) is 4. The van der Waals surface area contributed by atoms with E-state index in [1.54, 1.807) is 13.8 Å². The fraction of sp³-hybridized carbons (Fsp3) is 0.333. The molecule has 7 heteroatoms. The predicted octanol–water partition coefficient (Wildman–Crippen LogP) is 3.16. The highest BCUT2D eigenvalue weighted by Gasteiger charge is 2.67. The lowest BCUT2D eigenvalue weighted by Gasteiger charge is -2.40. The average Bonchev–Trinajstić information content (AvgIpc) is 2.91. The first-order valence-corrected chi connectivity index (χ1v) is 11.1. The molecule has 0 saturated carbocycles. The molecule has 5 nitrogen and oxygen atoms in total. The van der Waals surface area contributed by atoms with Gasteiger partial charge in [0.05, 0.1) is 15.5 Å². The molecular formula is C21H20BrNO4S. The molecule has 4 rings (SSSR count). The summed E-state index contributed by atoms with van der Waals surface area (Å²) in [5.41, 5.74) is 1.67. The number of rotatable bonds is 4. The number of benzene rings is 2. The Morgan fingerprint density at radius 2 is 1.57 bits per heavy atom. The molecule has 4 atom stereocenters. The van der Waals surface area contributed by atoms with Crippen LogP contribution in [0.15, 0.2) is 60.7 Å². The maximum absolute atomic E-state index is 13.2. The third kappa shape index (κ3) is 2.92. The summed E-state index contributed by atoms with van der Waals surface area (Å²) in [6, 6.07) is 18.1. The Bertz CT molecular complexity index is 894. The van der Waals surface area contributed by atoms with Gasteiger partial charge in [-0.1, -0.05) is 76.6 Å². The van der Waals surface area contributed by atoms with Crippen LogP contribution in [0.5, 0.6) is 0 Å². The Kier molecular flexibility index (Phi) is 4.91. The van der Waals surface area contributed by atoms with Crippen LogP contribution in [0.4, 0.5) is 0 Å². The molecule has 2 aliphatic rings. The number of nitrogens with zero attached hydrogens (tertiary/aromatic N) is 1. The minimum atomic E-state index is -1.37. The molecule has 2 aromatic carbocycles. The van der Waals surface area contributed by atoms with Crippen molar-refractivity contribution in [2.45, 2.75) is 40.9 Å². The highest BCUT2D eigenvalue weighted by molar-refractivity contribution is 9.10. The fourth-order valence-corrected chi connectivity index (χ4v) is 6.75. The van der Waals surface area contributed by atoms with Gasteiger partial charge in [-0.3, -0.25) is 9.00 Å². The van der Waals surface area contributed by atoms with E-state index in [1.165, 1.54) is 4.90 Å². The SMILES string of the molecule is CC1(C)[C@H](C(=O)OC(c2ccccc2)c2ccccc2)N2C(=O)[C@H](Br)[C@H]2[S@@]1=O. The van der Waals surface area contributed by atoms with E-state index < -0.39 is 43.9 Å². The molecule has 2 aliphatic heterocycles. The topological polar surface area (TPSA) is 63.7 Å². The summed E-state index contributed by atoms with van der Waals surface area (Å²) in [5.74, 6) is -0.756. The van der Waals surface area contributed by atoms with Crippen LogP contribution in [0.2, 0.25) is 0 Å². The molecular weight excluding hydrogens is 442 g/mol. The quantitative estimate of drug-likeness (QED) is 0.398. The van der Waals surface area contributed by atoms with Crippen molar-refractivity contribution in [2.75, 3.05) is 0 Å². The second-order valence-corrected chi connectivity index (χ2v) is 10.6. The second-order valence-electron chi connectivity index (χ2n) is 7.48. The van der Waals surface area contributed by atoms with Crippen molar-refractivity contribution in [3.63, 3.8) is 0 Å². The van der Waals surface area contributed by atoms with E-state index in [0.717, 1.165) is 11.1 Å². The van der Waals surface area contributed by atoms with E-state index in [-0.39, 0.29) is 5.91 Å². The number of fused-ring (bicyclic) bond motifs is 1. The first-order valence-electron chi connectivity index (χ1n) is 9.01. The molecule has 0 unspecified atom stereocenters. The van der Waals surface area contributed by atoms with E-state index in [9.17, 15) is 13.8 Å². The van der Waals surface area contributed by atoms with Gasteiger partial charge in [0.1, 0.15) is 16.2 Å². The molecule has 146 valence electrons. The molecule has 0 spiro atoms. The van der Waals surface area contributed by atoms with Crippen LogP contribution >= 0.6 is 15.9 Å². The van der Waals surface area contributed by atoms with E-state index in [4.69, 9.17) is 4.74 Å². The number of β-lactam (4-membered cyclic amide) rings is 1. The fourth-order valence-electron chi connectivity index (χ4n) is 3.85. The Morgan fingerprint density at radius 1 is 1.07 bits per heavy atom. The van der Waals surface area contributed by atoms with Crippen LogP contribution in [-0.2, 0) is 25.1 Å². The molecule has 28 heavy (non-hydrogen) atoms. The monoisotopic (exact) mass is 461 g/mol. The zero-order valence-corrected chi connectivity index (χ0v) is 17.9. The number of amides is 1. The first-order chi connectivity index (χ1) is 13.3. The van der Waals surface area contributed by atoms with Gasteiger partial charge in [0, 0.05) is 0 Å². The highest BCUT2D eigenvalue weighted by atomic mass is 79.9. The second kappa shape index (κ2) is 7.12. The summed E-state index contributed by atoms with van der Waals surface area (Å²) in [4.78, 5) is 26.5. The van der Waals surface area contributed by atoms with Crippen molar-refractivity contribution < 1.29 is 18.5 Å². The number of hydrogen-bond donors (Lipinski definition) is 0. The van der Waals surface area contributed by atoms with Crippen LogP contribution < -0.4 is 0 Å². The standard InChI is InChI=1S/C21H20BrNO4S/c1-21(2)17(23-18(24)15(22)19(23)28(21)26)20(25)27-16(13-9-5-3-6-10-13)14-11-7-4-8-12-14/h3-12,15-17,19H,1-2H3/t15-,17-,19+,28-/m0/s1. The minimum Gasteiger partial charge on any atom is -0.451 e. The summed E-state index contributed by atoms with van der Waals surface area (Å²) in [6.07, 6.45) is -0.602. The predicted molar refractivity (Wildman–Crippen MR) is 110 cm³/mol. The number of ether oxygens (including phenoxy) is 1. The number of carbonyl (C=O) groups excluding carboxylic acids is 2. The van der Waals surface area contributed by atoms with Gasteiger partial charge < -0.3 is 9.64 Å². The van der Waals surface area contributed by atoms with Gasteiger partial charge in [-0.15, -0.1) is 0 Å². The third-order valence-electron chi connectivity index (χ3n) is 5.35. The normalized spacial score (nSPS) is 28.0. The highest BCUT2D eigenvalue weighted by Crippen LogP contribution is 2.46. The maximum atomic E-state index is 13.2. The molecule has 0 bridgehead atoms.